The van der Waals surface area contributed by atoms with Crippen LogP contribution in [0.5, 0.6) is 0 Å². The van der Waals surface area contributed by atoms with E-state index in [0.717, 1.165) is 43.1 Å². The van der Waals surface area contributed by atoms with Gasteiger partial charge in [0, 0.05) is 32.4 Å². The molecule has 2 heterocycles. The first-order valence-corrected chi connectivity index (χ1v) is 9.21. The van der Waals surface area contributed by atoms with Crippen molar-refractivity contribution in [2.24, 2.45) is 0 Å². The summed E-state index contributed by atoms with van der Waals surface area (Å²) in [5.41, 5.74) is 2.02. The van der Waals surface area contributed by atoms with Gasteiger partial charge in [0.1, 0.15) is 0 Å². The molecule has 6 nitrogen and oxygen atoms in total. The number of carbonyl (C=O) groups excluding carboxylic acids is 1. The average molecular weight is 342 g/mol. The summed E-state index contributed by atoms with van der Waals surface area (Å²) < 4.78 is 5.20. The number of anilines is 2. The molecule has 1 N–H and O–H groups in total. The van der Waals surface area contributed by atoms with Crippen molar-refractivity contribution in [3.8, 4) is 0 Å². The van der Waals surface area contributed by atoms with Crippen molar-refractivity contribution < 1.29 is 9.32 Å². The lowest BCUT2D eigenvalue weighted by atomic mass is 10.2. The van der Waals surface area contributed by atoms with Crippen molar-refractivity contribution in [3.63, 3.8) is 0 Å². The third-order valence-electron chi connectivity index (χ3n) is 4.40. The van der Waals surface area contributed by atoms with Crippen molar-refractivity contribution in [2.45, 2.75) is 51.9 Å². The number of para-hydroxylation sites is 2. The largest absolute Gasteiger partial charge is 0.370 e. The summed E-state index contributed by atoms with van der Waals surface area (Å²) >= 11 is 0. The Balaban J connectivity index is 1.49. The molecule has 25 heavy (non-hydrogen) atoms. The van der Waals surface area contributed by atoms with Crippen molar-refractivity contribution in [3.05, 3.63) is 36.0 Å². The molecule has 1 aliphatic heterocycles. The molecule has 0 unspecified atom stereocenters. The average Bonchev–Trinajstić information content (AvgIpc) is 3.28. The Morgan fingerprint density at radius 2 is 2.04 bits per heavy atom. The molecule has 0 saturated carbocycles. The SMILES string of the molecule is CCCc1noc(CCCC(=O)Nc2ccccc2N2CCCC2)n1. The molecule has 134 valence electrons. The fourth-order valence-electron chi connectivity index (χ4n) is 3.14. The lowest BCUT2D eigenvalue weighted by molar-refractivity contribution is -0.116. The topological polar surface area (TPSA) is 71.3 Å². The van der Waals surface area contributed by atoms with Crippen LogP contribution in [0.3, 0.4) is 0 Å². The van der Waals surface area contributed by atoms with Crippen LogP contribution in [0.15, 0.2) is 28.8 Å². The summed E-state index contributed by atoms with van der Waals surface area (Å²) in [5.74, 6) is 1.40. The predicted molar refractivity (Wildman–Crippen MR) is 97.7 cm³/mol. The molecule has 2 aromatic rings. The van der Waals surface area contributed by atoms with Gasteiger partial charge in [-0.2, -0.15) is 4.98 Å². The Kier molecular flexibility index (Phi) is 6.04. The first-order chi connectivity index (χ1) is 12.3. The van der Waals surface area contributed by atoms with Crippen LogP contribution in [-0.4, -0.2) is 29.1 Å². The van der Waals surface area contributed by atoms with Gasteiger partial charge >= 0.3 is 0 Å². The molecule has 3 rings (SSSR count). The van der Waals surface area contributed by atoms with E-state index in [-0.39, 0.29) is 5.91 Å². The molecule has 1 saturated heterocycles. The minimum Gasteiger partial charge on any atom is -0.370 e. The second-order valence-corrected chi connectivity index (χ2v) is 6.47. The van der Waals surface area contributed by atoms with Gasteiger partial charge in [0.2, 0.25) is 11.8 Å². The maximum absolute atomic E-state index is 12.3. The van der Waals surface area contributed by atoms with Gasteiger partial charge in [-0.3, -0.25) is 4.79 Å². The number of aromatic nitrogens is 2. The van der Waals surface area contributed by atoms with Crippen molar-refractivity contribution in [1.29, 1.82) is 0 Å². The van der Waals surface area contributed by atoms with Crippen LogP contribution in [0.1, 0.15) is 50.7 Å². The fourth-order valence-corrected chi connectivity index (χ4v) is 3.14. The van der Waals surface area contributed by atoms with Gasteiger partial charge < -0.3 is 14.7 Å². The van der Waals surface area contributed by atoms with E-state index in [1.54, 1.807) is 0 Å². The minimum atomic E-state index is 0.0277. The summed E-state index contributed by atoms with van der Waals surface area (Å²) in [4.78, 5) is 18.9. The highest BCUT2D eigenvalue weighted by Crippen LogP contribution is 2.28. The molecule has 0 atom stereocenters. The van der Waals surface area contributed by atoms with E-state index in [4.69, 9.17) is 4.52 Å². The number of nitrogens with one attached hydrogen (secondary N) is 1. The molecular formula is C19H26N4O2. The second-order valence-electron chi connectivity index (χ2n) is 6.47. The quantitative estimate of drug-likeness (QED) is 0.794. The number of amides is 1. The van der Waals surface area contributed by atoms with E-state index in [2.05, 4.69) is 33.3 Å². The van der Waals surface area contributed by atoms with Crippen LogP contribution < -0.4 is 10.2 Å². The number of rotatable bonds is 8. The van der Waals surface area contributed by atoms with Crippen LogP contribution in [-0.2, 0) is 17.6 Å². The number of hydrogen-bond acceptors (Lipinski definition) is 5. The molecule has 0 aliphatic carbocycles. The van der Waals surface area contributed by atoms with Gasteiger partial charge in [0.05, 0.1) is 11.4 Å². The van der Waals surface area contributed by atoms with Crippen LogP contribution in [0.25, 0.3) is 0 Å². The Morgan fingerprint density at radius 1 is 1.24 bits per heavy atom. The molecule has 0 spiro atoms. The molecule has 1 aromatic heterocycles. The Morgan fingerprint density at radius 3 is 2.84 bits per heavy atom. The van der Waals surface area contributed by atoms with E-state index in [1.165, 1.54) is 12.8 Å². The lowest BCUT2D eigenvalue weighted by Gasteiger charge is -2.21. The van der Waals surface area contributed by atoms with Crippen LogP contribution in [0.4, 0.5) is 11.4 Å². The summed E-state index contributed by atoms with van der Waals surface area (Å²) in [6, 6.07) is 8.03. The summed E-state index contributed by atoms with van der Waals surface area (Å²) in [7, 11) is 0. The van der Waals surface area contributed by atoms with Crippen LogP contribution in [0, 0.1) is 0 Å². The molecule has 1 fully saturated rings. The van der Waals surface area contributed by atoms with E-state index in [0.29, 0.717) is 25.2 Å². The number of nitrogens with zero attached hydrogens (tertiary/aromatic N) is 3. The minimum absolute atomic E-state index is 0.0277. The molecule has 1 aromatic carbocycles. The van der Waals surface area contributed by atoms with Gasteiger partial charge in [-0.25, -0.2) is 0 Å². The third kappa shape index (κ3) is 4.81. The van der Waals surface area contributed by atoms with Gasteiger partial charge in [-0.15, -0.1) is 0 Å². The molecule has 0 bridgehead atoms. The number of aryl methyl sites for hydroxylation is 2. The molecule has 6 heteroatoms. The van der Waals surface area contributed by atoms with Gasteiger partial charge in [0.15, 0.2) is 5.82 Å². The highest BCUT2D eigenvalue weighted by atomic mass is 16.5. The first kappa shape index (κ1) is 17.5. The normalized spacial score (nSPS) is 14.0. The Hall–Kier alpha value is -2.37. The second kappa shape index (κ2) is 8.65. The van der Waals surface area contributed by atoms with Gasteiger partial charge in [-0.1, -0.05) is 24.2 Å². The number of benzene rings is 1. The molecular weight excluding hydrogens is 316 g/mol. The van der Waals surface area contributed by atoms with Crippen molar-refractivity contribution in [2.75, 3.05) is 23.3 Å². The van der Waals surface area contributed by atoms with Crippen molar-refractivity contribution in [1.82, 2.24) is 10.1 Å². The number of carbonyl (C=O) groups is 1. The number of hydrogen-bond donors (Lipinski definition) is 1. The summed E-state index contributed by atoms with van der Waals surface area (Å²) in [6.45, 7) is 4.20. The lowest BCUT2D eigenvalue weighted by Crippen LogP contribution is -2.21. The van der Waals surface area contributed by atoms with Gasteiger partial charge in [0.25, 0.3) is 0 Å². The van der Waals surface area contributed by atoms with Crippen molar-refractivity contribution >= 4 is 17.3 Å². The Bertz CT molecular complexity index is 692. The first-order valence-electron chi connectivity index (χ1n) is 9.21. The van der Waals surface area contributed by atoms with E-state index in [9.17, 15) is 4.79 Å². The maximum Gasteiger partial charge on any atom is 0.226 e. The van der Waals surface area contributed by atoms with E-state index >= 15 is 0 Å². The maximum atomic E-state index is 12.3. The standard InChI is InChI=1S/C19H26N4O2/c1-2-8-17-21-19(25-22-17)12-7-11-18(24)20-15-9-3-4-10-16(15)23-13-5-6-14-23/h3-4,9-10H,2,5-8,11-14H2,1H3,(H,20,24). The summed E-state index contributed by atoms with van der Waals surface area (Å²) in [5, 5.41) is 6.99. The predicted octanol–water partition coefficient (Wildman–Crippen LogP) is 3.58. The third-order valence-corrected chi connectivity index (χ3v) is 4.40. The molecule has 1 aliphatic rings. The Labute approximate surface area is 148 Å². The fraction of sp³-hybridized carbons (Fsp3) is 0.526. The van der Waals surface area contributed by atoms with Crippen LogP contribution >= 0.6 is 0 Å². The highest BCUT2D eigenvalue weighted by Gasteiger charge is 2.16. The van der Waals surface area contributed by atoms with E-state index < -0.39 is 0 Å². The zero-order chi connectivity index (χ0) is 17.5. The van der Waals surface area contributed by atoms with Gasteiger partial charge in [-0.05, 0) is 37.8 Å². The summed E-state index contributed by atoms with van der Waals surface area (Å²) in [6.07, 6.45) is 6.04. The molecule has 1 amide bonds. The zero-order valence-electron chi connectivity index (χ0n) is 14.8. The highest BCUT2D eigenvalue weighted by molar-refractivity contribution is 5.94. The molecule has 0 radical (unpaired) electrons. The monoisotopic (exact) mass is 342 g/mol. The zero-order valence-corrected chi connectivity index (χ0v) is 14.8. The van der Waals surface area contributed by atoms with E-state index in [1.807, 2.05) is 18.2 Å². The smallest absolute Gasteiger partial charge is 0.226 e. The van der Waals surface area contributed by atoms with Crippen LogP contribution in [0.2, 0.25) is 0 Å².